The lowest BCUT2D eigenvalue weighted by Crippen LogP contribution is -1.99. The number of carboxylic acids is 1. The number of hydrogen-bond acceptors (Lipinski definition) is 1. The van der Waals surface area contributed by atoms with E-state index < -0.39 is 5.97 Å². The molecule has 0 bridgehead atoms. The number of fused-ring (bicyclic) bond motifs is 1. The zero-order chi connectivity index (χ0) is 13.1. The minimum Gasteiger partial charge on any atom is -0.481 e. The van der Waals surface area contributed by atoms with Crippen molar-refractivity contribution in [3.8, 4) is 0 Å². The molecule has 2 aromatic rings. The smallest absolute Gasteiger partial charge is 0.307 e. The van der Waals surface area contributed by atoms with Gasteiger partial charge in [-0.3, -0.25) is 4.79 Å². The van der Waals surface area contributed by atoms with E-state index in [9.17, 15) is 4.79 Å². The van der Waals surface area contributed by atoms with E-state index in [2.05, 4.69) is 24.5 Å². The quantitative estimate of drug-likeness (QED) is 0.838. The molecule has 0 amide bonds. The maximum atomic E-state index is 10.9. The summed E-state index contributed by atoms with van der Waals surface area (Å²) in [4.78, 5) is 10.9. The Kier molecular flexibility index (Phi) is 3.51. The Balaban J connectivity index is 2.47. The number of para-hydroxylation sites is 1. The first-order valence-electron chi connectivity index (χ1n) is 6.00. The number of rotatable bonds is 4. The van der Waals surface area contributed by atoms with Gasteiger partial charge in [-0.05, 0) is 25.5 Å². The van der Waals surface area contributed by atoms with Gasteiger partial charge in [0.25, 0.3) is 0 Å². The van der Waals surface area contributed by atoms with E-state index in [4.69, 9.17) is 5.11 Å². The maximum Gasteiger partial charge on any atom is 0.307 e. The van der Waals surface area contributed by atoms with Gasteiger partial charge in [-0.2, -0.15) is 0 Å². The van der Waals surface area contributed by atoms with Gasteiger partial charge in [0.05, 0.1) is 6.42 Å². The zero-order valence-electron chi connectivity index (χ0n) is 10.7. The van der Waals surface area contributed by atoms with Gasteiger partial charge in [0.15, 0.2) is 0 Å². The first kappa shape index (κ1) is 12.4. The number of carboxylic acid groups (broad SMARTS) is 1. The summed E-state index contributed by atoms with van der Waals surface area (Å²) in [5, 5.41) is 9.96. The van der Waals surface area contributed by atoms with Crippen LogP contribution in [-0.4, -0.2) is 15.6 Å². The molecule has 0 aliphatic rings. The third-order valence-electron chi connectivity index (χ3n) is 2.91. The van der Waals surface area contributed by atoms with Gasteiger partial charge in [0.2, 0.25) is 0 Å². The predicted octanol–water partition coefficient (Wildman–Crippen LogP) is 3.23. The van der Waals surface area contributed by atoms with Crippen molar-refractivity contribution >= 4 is 16.9 Å². The molecule has 94 valence electrons. The summed E-state index contributed by atoms with van der Waals surface area (Å²) >= 11 is 0. The van der Waals surface area contributed by atoms with Gasteiger partial charge >= 0.3 is 5.97 Å². The molecule has 0 saturated carbocycles. The highest BCUT2D eigenvalue weighted by Gasteiger charge is 2.10. The van der Waals surface area contributed by atoms with Crippen molar-refractivity contribution in [3.05, 3.63) is 47.7 Å². The molecule has 1 heterocycles. The van der Waals surface area contributed by atoms with Crippen molar-refractivity contribution in [1.29, 1.82) is 0 Å². The van der Waals surface area contributed by atoms with Crippen LogP contribution in [0.25, 0.3) is 10.9 Å². The van der Waals surface area contributed by atoms with E-state index in [0.717, 1.165) is 23.0 Å². The van der Waals surface area contributed by atoms with Crippen LogP contribution in [0.3, 0.4) is 0 Å². The second-order valence-electron chi connectivity index (χ2n) is 4.68. The van der Waals surface area contributed by atoms with Gasteiger partial charge in [0, 0.05) is 23.6 Å². The molecule has 0 aliphatic heterocycles. The van der Waals surface area contributed by atoms with Crippen molar-refractivity contribution < 1.29 is 9.90 Å². The fourth-order valence-corrected chi connectivity index (χ4v) is 2.06. The molecule has 3 heteroatoms. The number of hydrogen-bond donors (Lipinski definition) is 1. The Morgan fingerprint density at radius 1 is 1.33 bits per heavy atom. The highest BCUT2D eigenvalue weighted by molar-refractivity contribution is 5.87. The van der Waals surface area contributed by atoms with E-state index in [1.807, 2.05) is 30.5 Å². The molecule has 18 heavy (non-hydrogen) atoms. The van der Waals surface area contributed by atoms with Crippen molar-refractivity contribution in [1.82, 2.24) is 4.57 Å². The summed E-state index contributed by atoms with van der Waals surface area (Å²) in [7, 11) is 0. The zero-order valence-corrected chi connectivity index (χ0v) is 10.7. The van der Waals surface area contributed by atoms with Crippen LogP contribution in [0.5, 0.6) is 0 Å². The standard InChI is InChI=1S/C15H17NO2/c1-11(2)7-8-16-10-12(9-15(17)18)13-5-3-4-6-14(13)16/h3-7,10H,8-9H2,1-2H3,(H,17,18). The molecule has 1 aromatic heterocycles. The summed E-state index contributed by atoms with van der Waals surface area (Å²) in [6.45, 7) is 4.90. The van der Waals surface area contributed by atoms with E-state index in [-0.39, 0.29) is 6.42 Å². The van der Waals surface area contributed by atoms with Crippen molar-refractivity contribution in [2.45, 2.75) is 26.8 Å². The summed E-state index contributed by atoms with van der Waals surface area (Å²) in [5.74, 6) is -0.792. The molecule has 0 radical (unpaired) electrons. The molecular weight excluding hydrogens is 226 g/mol. The Morgan fingerprint density at radius 2 is 2.06 bits per heavy atom. The summed E-state index contributed by atoms with van der Waals surface area (Å²) in [6, 6.07) is 7.93. The molecule has 0 fully saturated rings. The predicted molar refractivity (Wildman–Crippen MR) is 72.7 cm³/mol. The SMILES string of the molecule is CC(C)=CCn1cc(CC(=O)O)c2ccccc21. The van der Waals surface area contributed by atoms with Crippen LogP contribution < -0.4 is 0 Å². The largest absolute Gasteiger partial charge is 0.481 e. The minimum atomic E-state index is -0.792. The second kappa shape index (κ2) is 5.08. The summed E-state index contributed by atoms with van der Waals surface area (Å²) < 4.78 is 2.10. The fraction of sp³-hybridized carbons (Fsp3) is 0.267. The molecule has 2 rings (SSSR count). The fourth-order valence-electron chi connectivity index (χ4n) is 2.06. The van der Waals surface area contributed by atoms with Crippen LogP contribution in [0.2, 0.25) is 0 Å². The second-order valence-corrected chi connectivity index (χ2v) is 4.68. The third-order valence-corrected chi connectivity index (χ3v) is 2.91. The lowest BCUT2D eigenvalue weighted by molar-refractivity contribution is -0.136. The van der Waals surface area contributed by atoms with Crippen LogP contribution in [0, 0.1) is 0 Å². The first-order valence-corrected chi connectivity index (χ1v) is 6.00. The number of carbonyl (C=O) groups is 1. The highest BCUT2D eigenvalue weighted by Crippen LogP contribution is 2.22. The summed E-state index contributed by atoms with van der Waals surface area (Å²) in [6.07, 6.45) is 4.15. The van der Waals surface area contributed by atoms with Gasteiger partial charge in [-0.15, -0.1) is 0 Å². The van der Waals surface area contributed by atoms with Gasteiger partial charge in [0.1, 0.15) is 0 Å². The molecular formula is C15H17NO2. The van der Waals surface area contributed by atoms with E-state index in [0.29, 0.717) is 0 Å². The van der Waals surface area contributed by atoms with Crippen LogP contribution in [0.1, 0.15) is 19.4 Å². The number of aliphatic carboxylic acids is 1. The molecule has 0 atom stereocenters. The number of nitrogens with zero attached hydrogens (tertiary/aromatic N) is 1. The lowest BCUT2D eigenvalue weighted by atomic mass is 10.1. The molecule has 0 saturated heterocycles. The Hall–Kier alpha value is -2.03. The molecule has 1 aromatic carbocycles. The normalized spacial score (nSPS) is 10.6. The highest BCUT2D eigenvalue weighted by atomic mass is 16.4. The van der Waals surface area contributed by atoms with Crippen LogP contribution in [0.4, 0.5) is 0 Å². The van der Waals surface area contributed by atoms with Gasteiger partial charge in [-0.25, -0.2) is 0 Å². The maximum absolute atomic E-state index is 10.9. The van der Waals surface area contributed by atoms with Crippen molar-refractivity contribution in [3.63, 3.8) is 0 Å². The third kappa shape index (κ3) is 2.62. The molecule has 1 N–H and O–H groups in total. The van der Waals surface area contributed by atoms with Gasteiger partial charge < -0.3 is 9.67 Å². The monoisotopic (exact) mass is 243 g/mol. The Bertz CT molecular complexity index is 604. The molecule has 0 aliphatic carbocycles. The number of benzene rings is 1. The lowest BCUT2D eigenvalue weighted by Gasteiger charge is -2.01. The molecule has 3 nitrogen and oxygen atoms in total. The van der Waals surface area contributed by atoms with E-state index in [1.54, 1.807) is 0 Å². The first-order chi connectivity index (χ1) is 8.58. The molecule has 0 spiro atoms. The van der Waals surface area contributed by atoms with Crippen LogP contribution >= 0.6 is 0 Å². The number of allylic oxidation sites excluding steroid dienone is 2. The Labute approximate surface area is 106 Å². The van der Waals surface area contributed by atoms with E-state index >= 15 is 0 Å². The van der Waals surface area contributed by atoms with Crippen molar-refractivity contribution in [2.75, 3.05) is 0 Å². The minimum absolute atomic E-state index is 0.0718. The van der Waals surface area contributed by atoms with Gasteiger partial charge in [-0.1, -0.05) is 29.8 Å². The number of aromatic nitrogens is 1. The topological polar surface area (TPSA) is 42.2 Å². The average Bonchev–Trinajstić information content (AvgIpc) is 2.65. The van der Waals surface area contributed by atoms with E-state index in [1.165, 1.54) is 5.57 Å². The molecule has 0 unspecified atom stereocenters. The summed E-state index contributed by atoms with van der Waals surface area (Å²) in [5.41, 5.74) is 3.22. The Morgan fingerprint density at radius 3 is 2.72 bits per heavy atom. The van der Waals surface area contributed by atoms with Crippen molar-refractivity contribution in [2.24, 2.45) is 0 Å². The average molecular weight is 243 g/mol. The van der Waals surface area contributed by atoms with Crippen LogP contribution in [-0.2, 0) is 17.8 Å². The van der Waals surface area contributed by atoms with Crippen LogP contribution in [0.15, 0.2) is 42.1 Å².